The van der Waals surface area contributed by atoms with Crippen molar-refractivity contribution in [1.82, 2.24) is 0 Å². The second-order valence-electron chi connectivity index (χ2n) is 2.62. The first-order valence-corrected chi connectivity index (χ1v) is 6.11. The van der Waals surface area contributed by atoms with E-state index >= 15 is 0 Å². The van der Waals surface area contributed by atoms with Gasteiger partial charge in [0.25, 0.3) is 0 Å². The van der Waals surface area contributed by atoms with Gasteiger partial charge in [0, 0.05) is 5.41 Å². The fourth-order valence-corrected chi connectivity index (χ4v) is 2.53. The first-order chi connectivity index (χ1) is 6.06. The van der Waals surface area contributed by atoms with Gasteiger partial charge < -0.3 is 0 Å². The molecule has 0 fully saturated rings. The maximum atomic E-state index is 11.4. The van der Waals surface area contributed by atoms with Crippen LogP contribution in [0.5, 0.6) is 0 Å². The molecule has 1 aromatic carbocycles. The molecular weight excluding hydrogens is 252 g/mol. The van der Waals surface area contributed by atoms with Crippen LogP contribution in [0, 0.1) is 6.92 Å². The van der Waals surface area contributed by atoms with Crippen molar-refractivity contribution >= 4 is 25.8 Å². The molecule has 4 heteroatoms. The molecular formula is C9H9BrO2S. The van der Waals surface area contributed by atoms with Gasteiger partial charge in [0.05, 0.1) is 4.90 Å². The summed E-state index contributed by atoms with van der Waals surface area (Å²) < 4.78 is 22.9. The molecule has 0 radical (unpaired) electrons. The summed E-state index contributed by atoms with van der Waals surface area (Å²) in [5, 5.41) is 1.12. The topological polar surface area (TPSA) is 34.1 Å². The number of hydrogen-bond donors (Lipinski definition) is 0. The smallest absolute Gasteiger partial charge is 0.200 e. The standard InChI is InChI=1S/C9H9BrO2S/c1-8-2-4-9(5-3-8)13(11,12)7-6-10/h2-7H,1H3/b7-6+. The van der Waals surface area contributed by atoms with E-state index in [1.807, 2.05) is 6.92 Å². The van der Waals surface area contributed by atoms with Crippen LogP contribution in [-0.4, -0.2) is 8.42 Å². The number of aryl methyl sites for hydroxylation is 1. The molecule has 0 heterocycles. The third-order valence-corrected chi connectivity index (χ3v) is 3.62. The predicted molar refractivity (Wildman–Crippen MR) is 56.4 cm³/mol. The van der Waals surface area contributed by atoms with E-state index in [1.165, 1.54) is 4.99 Å². The summed E-state index contributed by atoms with van der Waals surface area (Å²) in [6, 6.07) is 6.74. The van der Waals surface area contributed by atoms with Crippen LogP contribution < -0.4 is 0 Å². The van der Waals surface area contributed by atoms with E-state index in [9.17, 15) is 8.42 Å². The summed E-state index contributed by atoms with van der Waals surface area (Å²) in [6.45, 7) is 1.91. The van der Waals surface area contributed by atoms with Crippen molar-refractivity contribution in [2.45, 2.75) is 11.8 Å². The molecule has 0 aliphatic rings. The van der Waals surface area contributed by atoms with Crippen molar-refractivity contribution in [3.63, 3.8) is 0 Å². The highest BCUT2D eigenvalue weighted by molar-refractivity contribution is 9.11. The van der Waals surface area contributed by atoms with Crippen molar-refractivity contribution < 1.29 is 8.42 Å². The zero-order valence-corrected chi connectivity index (χ0v) is 9.47. The van der Waals surface area contributed by atoms with Gasteiger partial charge in [-0.3, -0.25) is 0 Å². The second-order valence-corrected chi connectivity index (χ2v) is 4.98. The quantitative estimate of drug-likeness (QED) is 0.820. The Balaban J connectivity index is 3.17. The zero-order chi connectivity index (χ0) is 9.90. The molecule has 1 aromatic rings. The molecule has 0 amide bonds. The van der Waals surface area contributed by atoms with Crippen LogP contribution in [0.4, 0.5) is 0 Å². The summed E-state index contributed by atoms with van der Waals surface area (Å²) in [6.07, 6.45) is 0. The van der Waals surface area contributed by atoms with Crippen LogP contribution in [0.25, 0.3) is 0 Å². The predicted octanol–water partition coefficient (Wildman–Crippen LogP) is 2.63. The second kappa shape index (κ2) is 4.07. The highest BCUT2D eigenvalue weighted by Crippen LogP contribution is 2.13. The minimum absolute atomic E-state index is 0.314. The van der Waals surface area contributed by atoms with Gasteiger partial charge in [0.15, 0.2) is 9.84 Å². The molecule has 0 saturated carbocycles. The molecule has 1 rings (SSSR count). The van der Waals surface area contributed by atoms with Gasteiger partial charge in [-0.05, 0) is 24.0 Å². The van der Waals surface area contributed by atoms with E-state index in [0.29, 0.717) is 4.90 Å². The molecule has 13 heavy (non-hydrogen) atoms. The van der Waals surface area contributed by atoms with E-state index in [-0.39, 0.29) is 0 Å². The Bertz CT molecular complexity index is 404. The number of sulfone groups is 1. The average Bonchev–Trinajstić information content (AvgIpc) is 2.05. The highest BCUT2D eigenvalue weighted by atomic mass is 79.9. The van der Waals surface area contributed by atoms with Crippen molar-refractivity contribution in [2.75, 3.05) is 0 Å². The van der Waals surface area contributed by atoms with Gasteiger partial charge in [0.1, 0.15) is 0 Å². The summed E-state index contributed by atoms with van der Waals surface area (Å²) in [5.41, 5.74) is 1.04. The first kappa shape index (κ1) is 10.5. The number of hydrogen-bond acceptors (Lipinski definition) is 2. The molecule has 0 unspecified atom stereocenters. The van der Waals surface area contributed by atoms with Crippen molar-refractivity contribution in [3.05, 3.63) is 40.2 Å². The first-order valence-electron chi connectivity index (χ1n) is 3.65. The molecule has 2 nitrogen and oxygen atoms in total. The molecule has 0 aromatic heterocycles. The summed E-state index contributed by atoms with van der Waals surface area (Å²) in [7, 11) is -3.25. The molecule has 0 atom stereocenters. The Labute approximate surface area is 86.3 Å². The van der Waals surface area contributed by atoms with E-state index in [2.05, 4.69) is 15.9 Å². The number of rotatable bonds is 2. The van der Waals surface area contributed by atoms with Crippen molar-refractivity contribution in [2.24, 2.45) is 0 Å². The molecule has 0 aliphatic heterocycles. The van der Waals surface area contributed by atoms with Crippen LogP contribution in [0.15, 0.2) is 39.6 Å². The van der Waals surface area contributed by atoms with Gasteiger partial charge >= 0.3 is 0 Å². The van der Waals surface area contributed by atoms with E-state index in [4.69, 9.17) is 0 Å². The monoisotopic (exact) mass is 260 g/mol. The van der Waals surface area contributed by atoms with Crippen LogP contribution in [0.2, 0.25) is 0 Å². The summed E-state index contributed by atoms with van der Waals surface area (Å²) in [4.78, 5) is 1.65. The van der Waals surface area contributed by atoms with E-state index < -0.39 is 9.84 Å². The lowest BCUT2D eigenvalue weighted by molar-refractivity contribution is 0.604. The lowest BCUT2D eigenvalue weighted by Gasteiger charge is -1.98. The van der Waals surface area contributed by atoms with Gasteiger partial charge in [-0.25, -0.2) is 8.42 Å². The fraction of sp³-hybridized carbons (Fsp3) is 0.111. The highest BCUT2D eigenvalue weighted by Gasteiger charge is 2.08. The third-order valence-electron chi connectivity index (χ3n) is 1.58. The van der Waals surface area contributed by atoms with E-state index in [0.717, 1.165) is 11.0 Å². The summed E-state index contributed by atoms with van der Waals surface area (Å²) in [5.74, 6) is 0. The molecule has 0 bridgehead atoms. The average molecular weight is 261 g/mol. The summed E-state index contributed by atoms with van der Waals surface area (Å²) >= 11 is 2.94. The Morgan fingerprint density at radius 1 is 1.23 bits per heavy atom. The molecule has 0 spiro atoms. The zero-order valence-electron chi connectivity index (χ0n) is 7.07. The van der Waals surface area contributed by atoms with Crippen molar-refractivity contribution in [1.29, 1.82) is 0 Å². The van der Waals surface area contributed by atoms with Crippen LogP contribution in [-0.2, 0) is 9.84 Å². The molecule has 0 N–H and O–H groups in total. The lowest BCUT2D eigenvalue weighted by atomic mass is 10.2. The maximum Gasteiger partial charge on any atom is 0.200 e. The molecule has 70 valence electrons. The lowest BCUT2D eigenvalue weighted by Crippen LogP contribution is -1.95. The van der Waals surface area contributed by atoms with Gasteiger partial charge in [-0.2, -0.15) is 0 Å². The number of halogens is 1. The SMILES string of the molecule is Cc1ccc(S(=O)(=O)/C=C/Br)cc1. The largest absolute Gasteiger partial charge is 0.219 e. The Morgan fingerprint density at radius 2 is 1.77 bits per heavy atom. The van der Waals surface area contributed by atoms with Gasteiger partial charge in [-0.1, -0.05) is 33.6 Å². The van der Waals surface area contributed by atoms with Gasteiger partial charge in [-0.15, -0.1) is 0 Å². The maximum absolute atomic E-state index is 11.4. The van der Waals surface area contributed by atoms with Crippen LogP contribution in [0.1, 0.15) is 5.56 Å². The Kier molecular flexibility index (Phi) is 3.27. The Morgan fingerprint density at radius 3 is 2.23 bits per heavy atom. The van der Waals surface area contributed by atoms with Crippen LogP contribution >= 0.6 is 15.9 Å². The van der Waals surface area contributed by atoms with E-state index in [1.54, 1.807) is 24.3 Å². The van der Waals surface area contributed by atoms with Gasteiger partial charge in [0.2, 0.25) is 0 Å². The normalized spacial score (nSPS) is 12.2. The Hall–Kier alpha value is -0.610. The number of benzene rings is 1. The van der Waals surface area contributed by atoms with Crippen molar-refractivity contribution in [3.8, 4) is 0 Å². The molecule has 0 aliphatic carbocycles. The minimum atomic E-state index is -3.25. The fourth-order valence-electron chi connectivity index (χ4n) is 0.874. The third kappa shape index (κ3) is 2.67. The minimum Gasteiger partial charge on any atom is -0.219 e. The molecule has 0 saturated heterocycles. The van der Waals surface area contributed by atoms with Crippen LogP contribution in [0.3, 0.4) is 0 Å².